The summed E-state index contributed by atoms with van der Waals surface area (Å²) in [7, 11) is 0. The van der Waals surface area contributed by atoms with Gasteiger partial charge in [0.1, 0.15) is 0 Å². The van der Waals surface area contributed by atoms with E-state index in [1.54, 1.807) is 6.20 Å². The molecular formula is C15H22N4O2. The number of pyridine rings is 1. The summed E-state index contributed by atoms with van der Waals surface area (Å²) in [5.41, 5.74) is 6.09. The van der Waals surface area contributed by atoms with Gasteiger partial charge < -0.3 is 20.7 Å². The molecule has 3 N–H and O–H groups in total. The molecule has 2 unspecified atom stereocenters. The summed E-state index contributed by atoms with van der Waals surface area (Å²) in [5.74, 6) is 0.750. The Morgan fingerprint density at radius 3 is 2.95 bits per heavy atom. The minimum Gasteiger partial charge on any atom is -0.379 e. The number of anilines is 2. The summed E-state index contributed by atoms with van der Waals surface area (Å²) in [5, 5.41) is 3.00. The van der Waals surface area contributed by atoms with Crippen LogP contribution in [0.5, 0.6) is 0 Å². The largest absolute Gasteiger partial charge is 0.379 e. The molecule has 114 valence electrons. The molecule has 1 aromatic heterocycles. The predicted octanol–water partition coefficient (Wildman–Crippen LogP) is 0.984. The van der Waals surface area contributed by atoms with Crippen LogP contribution in [0.2, 0.25) is 0 Å². The Morgan fingerprint density at radius 2 is 2.29 bits per heavy atom. The van der Waals surface area contributed by atoms with Gasteiger partial charge in [-0.25, -0.2) is 4.98 Å². The third-order valence-corrected chi connectivity index (χ3v) is 4.48. The van der Waals surface area contributed by atoms with E-state index in [-0.39, 0.29) is 11.9 Å². The molecule has 0 spiro atoms. The van der Waals surface area contributed by atoms with Crippen LogP contribution in [0.4, 0.5) is 11.5 Å². The molecule has 2 saturated heterocycles. The first kappa shape index (κ1) is 14.3. The Morgan fingerprint density at radius 1 is 1.52 bits per heavy atom. The van der Waals surface area contributed by atoms with Crippen molar-refractivity contribution in [3.8, 4) is 0 Å². The minimum atomic E-state index is -0.682. The maximum absolute atomic E-state index is 12.6. The molecule has 6 heteroatoms. The molecule has 0 saturated carbocycles. The van der Waals surface area contributed by atoms with Gasteiger partial charge in [0.15, 0.2) is 5.82 Å². The van der Waals surface area contributed by atoms with Gasteiger partial charge in [-0.3, -0.25) is 4.79 Å². The first-order valence-electron chi connectivity index (χ1n) is 7.46. The van der Waals surface area contributed by atoms with Crippen LogP contribution in [-0.4, -0.2) is 43.2 Å². The van der Waals surface area contributed by atoms with Gasteiger partial charge in [0.2, 0.25) is 5.91 Å². The molecular weight excluding hydrogens is 268 g/mol. The van der Waals surface area contributed by atoms with Gasteiger partial charge in [-0.05, 0) is 31.9 Å². The van der Waals surface area contributed by atoms with Crippen molar-refractivity contribution in [3.63, 3.8) is 0 Å². The zero-order valence-electron chi connectivity index (χ0n) is 12.3. The second kappa shape index (κ2) is 5.61. The summed E-state index contributed by atoms with van der Waals surface area (Å²) in [4.78, 5) is 19.2. The Hall–Kier alpha value is -1.66. The predicted molar refractivity (Wildman–Crippen MR) is 81.2 cm³/mol. The van der Waals surface area contributed by atoms with Gasteiger partial charge in [0.25, 0.3) is 0 Å². The summed E-state index contributed by atoms with van der Waals surface area (Å²) in [6.45, 7) is 4.61. The monoisotopic (exact) mass is 290 g/mol. The van der Waals surface area contributed by atoms with Crippen LogP contribution < -0.4 is 16.0 Å². The first-order chi connectivity index (χ1) is 10.1. The fourth-order valence-electron chi connectivity index (χ4n) is 2.86. The van der Waals surface area contributed by atoms with Gasteiger partial charge in [-0.1, -0.05) is 0 Å². The molecule has 21 heavy (non-hydrogen) atoms. The number of nitrogens with one attached hydrogen (secondary N) is 1. The summed E-state index contributed by atoms with van der Waals surface area (Å²) in [6.07, 6.45) is 4.09. The molecule has 2 fully saturated rings. The lowest BCUT2D eigenvalue weighted by Gasteiger charge is -2.27. The normalized spacial score (nSPS) is 28.9. The molecule has 6 nitrogen and oxygen atoms in total. The average Bonchev–Trinajstić information content (AvgIpc) is 3.11. The number of rotatable bonds is 3. The Labute approximate surface area is 124 Å². The highest BCUT2D eigenvalue weighted by Gasteiger charge is 2.44. The number of amides is 1. The lowest BCUT2D eigenvalue weighted by Crippen LogP contribution is -2.47. The van der Waals surface area contributed by atoms with Crippen molar-refractivity contribution in [3.05, 3.63) is 18.3 Å². The van der Waals surface area contributed by atoms with Crippen LogP contribution in [0.3, 0.4) is 0 Å². The average molecular weight is 290 g/mol. The summed E-state index contributed by atoms with van der Waals surface area (Å²) < 4.78 is 5.35. The van der Waals surface area contributed by atoms with Crippen LogP contribution >= 0.6 is 0 Å². The minimum absolute atomic E-state index is 0.0963. The van der Waals surface area contributed by atoms with E-state index >= 15 is 0 Å². The van der Waals surface area contributed by atoms with Crippen LogP contribution in [0.25, 0.3) is 0 Å². The van der Waals surface area contributed by atoms with E-state index in [1.165, 1.54) is 12.8 Å². The van der Waals surface area contributed by atoms with Crippen molar-refractivity contribution in [1.29, 1.82) is 0 Å². The molecule has 3 heterocycles. The molecule has 2 atom stereocenters. The van der Waals surface area contributed by atoms with E-state index in [1.807, 2.05) is 19.1 Å². The van der Waals surface area contributed by atoms with Crippen LogP contribution in [0, 0.1) is 5.41 Å². The molecule has 0 aromatic carbocycles. The fourth-order valence-corrected chi connectivity index (χ4v) is 2.86. The van der Waals surface area contributed by atoms with E-state index in [0.717, 1.165) is 24.6 Å². The highest BCUT2D eigenvalue weighted by molar-refractivity contribution is 5.98. The number of ether oxygens (including phenoxy) is 1. The van der Waals surface area contributed by atoms with E-state index in [9.17, 15) is 4.79 Å². The fraction of sp³-hybridized carbons (Fsp3) is 0.600. The number of aromatic nitrogens is 1. The van der Waals surface area contributed by atoms with Crippen molar-refractivity contribution in [2.75, 3.05) is 36.5 Å². The summed E-state index contributed by atoms with van der Waals surface area (Å²) >= 11 is 0. The van der Waals surface area contributed by atoms with Crippen LogP contribution in [0.1, 0.15) is 19.8 Å². The van der Waals surface area contributed by atoms with Gasteiger partial charge in [-0.2, -0.15) is 0 Å². The zero-order valence-corrected chi connectivity index (χ0v) is 12.3. The molecule has 0 radical (unpaired) electrons. The Kier molecular flexibility index (Phi) is 3.82. The second-order valence-electron chi connectivity index (χ2n) is 6.06. The van der Waals surface area contributed by atoms with Crippen molar-refractivity contribution < 1.29 is 9.53 Å². The SMILES string of the molecule is CC1(C(=O)Nc2cccnc2N2CCCC2)COCC1N. The molecule has 1 amide bonds. The van der Waals surface area contributed by atoms with Gasteiger partial charge in [0, 0.05) is 25.3 Å². The zero-order chi connectivity index (χ0) is 14.9. The number of hydrogen-bond donors (Lipinski definition) is 2. The lowest BCUT2D eigenvalue weighted by atomic mass is 9.85. The molecule has 1 aromatic rings. The van der Waals surface area contributed by atoms with E-state index in [4.69, 9.17) is 10.5 Å². The topological polar surface area (TPSA) is 80.5 Å². The number of hydrogen-bond acceptors (Lipinski definition) is 5. The third kappa shape index (κ3) is 2.61. The van der Waals surface area contributed by atoms with E-state index in [0.29, 0.717) is 13.2 Å². The first-order valence-corrected chi connectivity index (χ1v) is 7.46. The van der Waals surface area contributed by atoms with Crippen LogP contribution in [0.15, 0.2) is 18.3 Å². The Balaban J connectivity index is 1.80. The maximum atomic E-state index is 12.6. The number of carbonyl (C=O) groups is 1. The highest BCUT2D eigenvalue weighted by atomic mass is 16.5. The van der Waals surface area contributed by atoms with Crippen molar-refractivity contribution in [2.45, 2.75) is 25.8 Å². The number of carbonyl (C=O) groups excluding carboxylic acids is 1. The quantitative estimate of drug-likeness (QED) is 0.867. The Bertz CT molecular complexity index is 530. The standard InChI is InChI=1S/C15H22N4O2/c1-15(10-21-9-12(15)16)14(20)18-11-5-4-6-17-13(11)19-7-2-3-8-19/h4-6,12H,2-3,7-10,16H2,1H3,(H,18,20). The molecule has 2 aliphatic heterocycles. The molecule has 0 bridgehead atoms. The van der Waals surface area contributed by atoms with Gasteiger partial charge in [-0.15, -0.1) is 0 Å². The second-order valence-corrected chi connectivity index (χ2v) is 6.06. The number of nitrogens with two attached hydrogens (primary N) is 1. The van der Waals surface area contributed by atoms with Crippen LogP contribution in [-0.2, 0) is 9.53 Å². The van der Waals surface area contributed by atoms with E-state index in [2.05, 4.69) is 15.2 Å². The smallest absolute Gasteiger partial charge is 0.234 e. The summed E-state index contributed by atoms with van der Waals surface area (Å²) in [6, 6.07) is 3.45. The van der Waals surface area contributed by atoms with Crippen molar-refractivity contribution in [1.82, 2.24) is 4.98 Å². The lowest BCUT2D eigenvalue weighted by molar-refractivity contribution is -0.125. The molecule has 0 aliphatic carbocycles. The van der Waals surface area contributed by atoms with Gasteiger partial charge >= 0.3 is 0 Å². The van der Waals surface area contributed by atoms with Crippen molar-refractivity contribution >= 4 is 17.4 Å². The molecule has 2 aliphatic rings. The maximum Gasteiger partial charge on any atom is 0.234 e. The highest BCUT2D eigenvalue weighted by Crippen LogP contribution is 2.31. The number of nitrogens with zero attached hydrogens (tertiary/aromatic N) is 2. The third-order valence-electron chi connectivity index (χ3n) is 4.48. The van der Waals surface area contributed by atoms with E-state index < -0.39 is 5.41 Å². The van der Waals surface area contributed by atoms with Crippen molar-refractivity contribution in [2.24, 2.45) is 11.1 Å². The molecule has 3 rings (SSSR count). The van der Waals surface area contributed by atoms with Gasteiger partial charge in [0.05, 0.1) is 24.3 Å².